The van der Waals surface area contributed by atoms with E-state index in [0.29, 0.717) is 25.9 Å². The predicted molar refractivity (Wildman–Crippen MR) is 69.2 cm³/mol. The molecule has 1 aromatic rings. The van der Waals surface area contributed by atoms with Crippen LogP contribution in [0.15, 0.2) is 24.3 Å². The molecule has 1 aromatic carbocycles. The van der Waals surface area contributed by atoms with Crippen LogP contribution in [-0.4, -0.2) is 21.9 Å². The maximum absolute atomic E-state index is 12.5. The van der Waals surface area contributed by atoms with Gasteiger partial charge in [0.25, 0.3) is 0 Å². The molecular formula is C15H17NO3. The molecule has 2 atom stereocenters. The molecule has 19 heavy (non-hydrogen) atoms. The number of carboxylic acids is 1. The number of carbonyl (C=O) groups is 2. The SMILES string of the molecule is O=C(O)[C@H]1CCC[C@H]1C(=O)N1Cc2ccccc2C1. The number of nitrogens with zero attached hydrogens (tertiary/aromatic N) is 1. The van der Waals surface area contributed by atoms with Crippen LogP contribution in [0.25, 0.3) is 0 Å². The molecular weight excluding hydrogens is 242 g/mol. The Labute approximate surface area is 112 Å². The summed E-state index contributed by atoms with van der Waals surface area (Å²) in [6.45, 7) is 1.25. The van der Waals surface area contributed by atoms with Crippen LogP contribution in [0.5, 0.6) is 0 Å². The zero-order valence-corrected chi connectivity index (χ0v) is 10.7. The summed E-state index contributed by atoms with van der Waals surface area (Å²) in [7, 11) is 0. The zero-order valence-electron chi connectivity index (χ0n) is 10.7. The van der Waals surface area contributed by atoms with Crippen molar-refractivity contribution in [2.75, 3.05) is 0 Å². The van der Waals surface area contributed by atoms with Gasteiger partial charge in [0.15, 0.2) is 0 Å². The van der Waals surface area contributed by atoms with E-state index < -0.39 is 11.9 Å². The highest BCUT2D eigenvalue weighted by Crippen LogP contribution is 2.35. The third-order valence-corrected chi connectivity index (χ3v) is 4.30. The quantitative estimate of drug-likeness (QED) is 0.884. The second kappa shape index (κ2) is 4.68. The Bertz CT molecular complexity index is 501. The molecule has 1 aliphatic heterocycles. The number of carboxylic acid groups (broad SMARTS) is 1. The number of aliphatic carboxylic acids is 1. The van der Waals surface area contributed by atoms with Crippen LogP contribution in [0.4, 0.5) is 0 Å². The van der Waals surface area contributed by atoms with E-state index in [0.717, 1.165) is 6.42 Å². The van der Waals surface area contributed by atoms with Gasteiger partial charge < -0.3 is 10.0 Å². The first kappa shape index (κ1) is 12.2. The van der Waals surface area contributed by atoms with Gasteiger partial charge in [-0.15, -0.1) is 0 Å². The second-order valence-corrected chi connectivity index (χ2v) is 5.45. The monoisotopic (exact) mass is 259 g/mol. The molecule has 0 radical (unpaired) electrons. The molecule has 0 saturated heterocycles. The van der Waals surface area contributed by atoms with E-state index in [2.05, 4.69) is 0 Å². The minimum atomic E-state index is -0.826. The predicted octanol–water partition coefficient (Wildman–Crippen LogP) is 2.03. The lowest BCUT2D eigenvalue weighted by Gasteiger charge is -2.22. The van der Waals surface area contributed by atoms with Crippen molar-refractivity contribution in [2.24, 2.45) is 11.8 Å². The van der Waals surface area contributed by atoms with Crippen molar-refractivity contribution in [1.29, 1.82) is 0 Å². The van der Waals surface area contributed by atoms with E-state index >= 15 is 0 Å². The van der Waals surface area contributed by atoms with E-state index in [1.807, 2.05) is 24.3 Å². The fourth-order valence-corrected chi connectivity index (χ4v) is 3.27. The molecule has 0 bridgehead atoms. The molecule has 0 spiro atoms. The lowest BCUT2D eigenvalue weighted by Crippen LogP contribution is -2.36. The minimum absolute atomic E-state index is 0.0149. The molecule has 1 saturated carbocycles. The van der Waals surface area contributed by atoms with Crippen molar-refractivity contribution in [3.8, 4) is 0 Å². The highest BCUT2D eigenvalue weighted by atomic mass is 16.4. The fraction of sp³-hybridized carbons (Fsp3) is 0.467. The molecule has 1 fully saturated rings. The summed E-state index contributed by atoms with van der Waals surface area (Å²) in [4.78, 5) is 25.5. The van der Waals surface area contributed by atoms with Crippen LogP contribution in [0, 0.1) is 11.8 Å². The molecule has 4 heteroatoms. The van der Waals surface area contributed by atoms with Crippen LogP contribution >= 0.6 is 0 Å². The number of rotatable bonds is 2. The molecule has 1 aliphatic carbocycles. The van der Waals surface area contributed by atoms with Crippen LogP contribution in [-0.2, 0) is 22.7 Å². The van der Waals surface area contributed by atoms with E-state index in [1.165, 1.54) is 11.1 Å². The Kier molecular flexibility index (Phi) is 3.01. The Balaban J connectivity index is 1.74. The highest BCUT2D eigenvalue weighted by molar-refractivity contribution is 5.85. The van der Waals surface area contributed by atoms with E-state index in [9.17, 15) is 14.7 Å². The van der Waals surface area contributed by atoms with Crippen molar-refractivity contribution in [3.63, 3.8) is 0 Å². The first-order valence-electron chi connectivity index (χ1n) is 6.75. The second-order valence-electron chi connectivity index (χ2n) is 5.45. The van der Waals surface area contributed by atoms with Crippen molar-refractivity contribution in [2.45, 2.75) is 32.4 Å². The summed E-state index contributed by atoms with van der Waals surface area (Å²) in [5, 5.41) is 9.18. The molecule has 1 amide bonds. The summed E-state index contributed by atoms with van der Waals surface area (Å²) in [5.74, 6) is -1.63. The van der Waals surface area contributed by atoms with Gasteiger partial charge in [0.05, 0.1) is 11.8 Å². The number of hydrogen-bond acceptors (Lipinski definition) is 2. The highest BCUT2D eigenvalue weighted by Gasteiger charge is 2.40. The number of benzene rings is 1. The summed E-state index contributed by atoms with van der Waals surface area (Å²) in [6, 6.07) is 8.02. The molecule has 3 rings (SSSR count). The average Bonchev–Trinajstić information content (AvgIpc) is 3.04. The Morgan fingerprint density at radius 2 is 1.63 bits per heavy atom. The van der Waals surface area contributed by atoms with Gasteiger partial charge in [-0.05, 0) is 24.0 Å². The molecule has 1 N–H and O–H groups in total. The van der Waals surface area contributed by atoms with E-state index in [1.54, 1.807) is 4.90 Å². The number of amides is 1. The van der Waals surface area contributed by atoms with Crippen LogP contribution < -0.4 is 0 Å². The zero-order chi connectivity index (χ0) is 13.4. The van der Waals surface area contributed by atoms with Crippen molar-refractivity contribution >= 4 is 11.9 Å². The number of hydrogen-bond donors (Lipinski definition) is 1. The van der Waals surface area contributed by atoms with E-state index in [4.69, 9.17) is 0 Å². The maximum atomic E-state index is 12.5. The average molecular weight is 259 g/mol. The fourth-order valence-electron chi connectivity index (χ4n) is 3.27. The standard InChI is InChI=1S/C15H17NO3/c17-14(12-6-3-7-13(12)15(18)19)16-8-10-4-1-2-5-11(10)9-16/h1-2,4-5,12-13H,3,6-9H2,(H,18,19)/t12-,13+/m1/s1. The van der Waals surface area contributed by atoms with Gasteiger partial charge in [0.2, 0.25) is 5.91 Å². The Hall–Kier alpha value is -1.84. The van der Waals surface area contributed by atoms with Crippen LogP contribution in [0.2, 0.25) is 0 Å². The maximum Gasteiger partial charge on any atom is 0.307 e. The van der Waals surface area contributed by atoms with Gasteiger partial charge in [-0.1, -0.05) is 30.7 Å². The first-order valence-corrected chi connectivity index (χ1v) is 6.75. The van der Waals surface area contributed by atoms with Crippen molar-refractivity contribution in [1.82, 2.24) is 4.90 Å². The molecule has 4 nitrogen and oxygen atoms in total. The smallest absolute Gasteiger partial charge is 0.307 e. The lowest BCUT2D eigenvalue weighted by molar-refractivity contribution is -0.149. The van der Waals surface area contributed by atoms with Crippen molar-refractivity contribution < 1.29 is 14.7 Å². The number of fused-ring (bicyclic) bond motifs is 1. The van der Waals surface area contributed by atoms with Gasteiger partial charge in [0, 0.05) is 13.1 Å². The topological polar surface area (TPSA) is 57.6 Å². The van der Waals surface area contributed by atoms with Gasteiger partial charge in [-0.25, -0.2) is 0 Å². The van der Waals surface area contributed by atoms with Gasteiger partial charge in [-0.2, -0.15) is 0 Å². The first-order chi connectivity index (χ1) is 9.16. The molecule has 0 aromatic heterocycles. The third-order valence-electron chi connectivity index (χ3n) is 4.30. The summed E-state index contributed by atoms with van der Waals surface area (Å²) in [5.41, 5.74) is 2.36. The van der Waals surface area contributed by atoms with Crippen LogP contribution in [0.1, 0.15) is 30.4 Å². The van der Waals surface area contributed by atoms with Gasteiger partial charge in [-0.3, -0.25) is 9.59 Å². The molecule has 100 valence electrons. The largest absolute Gasteiger partial charge is 0.481 e. The normalized spacial score (nSPS) is 25.4. The van der Waals surface area contributed by atoms with Gasteiger partial charge in [0.1, 0.15) is 0 Å². The van der Waals surface area contributed by atoms with Crippen molar-refractivity contribution in [3.05, 3.63) is 35.4 Å². The summed E-state index contributed by atoms with van der Waals surface area (Å²) in [6.07, 6.45) is 2.18. The van der Waals surface area contributed by atoms with E-state index in [-0.39, 0.29) is 11.8 Å². The molecule has 2 aliphatic rings. The Morgan fingerprint density at radius 3 is 2.21 bits per heavy atom. The van der Waals surface area contributed by atoms with Gasteiger partial charge >= 0.3 is 5.97 Å². The van der Waals surface area contributed by atoms with Crippen LogP contribution in [0.3, 0.4) is 0 Å². The Morgan fingerprint density at radius 1 is 1.05 bits per heavy atom. The molecule has 1 heterocycles. The summed E-state index contributed by atoms with van der Waals surface area (Å²) >= 11 is 0. The third kappa shape index (κ3) is 2.11. The molecule has 0 unspecified atom stereocenters. The lowest BCUT2D eigenvalue weighted by atomic mass is 9.95. The summed E-state index contributed by atoms with van der Waals surface area (Å²) < 4.78 is 0. The number of carbonyl (C=O) groups excluding carboxylic acids is 1. The minimum Gasteiger partial charge on any atom is -0.481 e.